The van der Waals surface area contributed by atoms with E-state index in [4.69, 9.17) is 0 Å². The number of nitrogens with one attached hydrogen (secondary N) is 1. The second-order valence-corrected chi connectivity index (χ2v) is 6.09. The monoisotopic (exact) mass is 263 g/mol. The van der Waals surface area contributed by atoms with Crippen LogP contribution in [0.25, 0.3) is 0 Å². The molecule has 1 N–H and O–H groups in total. The van der Waals surface area contributed by atoms with Gasteiger partial charge in [-0.1, -0.05) is 20.8 Å². The molecule has 1 aromatic heterocycles. The average Bonchev–Trinajstić information content (AvgIpc) is 2.31. The van der Waals surface area contributed by atoms with Crippen molar-refractivity contribution in [3.63, 3.8) is 0 Å². The summed E-state index contributed by atoms with van der Waals surface area (Å²) in [5, 5.41) is 3.23. The lowest BCUT2D eigenvalue weighted by Crippen LogP contribution is -2.19. The van der Waals surface area contributed by atoms with Crippen LogP contribution in [0.1, 0.15) is 50.0 Å². The number of hydrogen-bond donors (Lipinski definition) is 1. The minimum absolute atomic E-state index is 0.618. The molecule has 1 heterocycles. The molecule has 0 fully saturated rings. The highest BCUT2D eigenvalue weighted by atomic mass is 14.9. The van der Waals surface area contributed by atoms with Crippen molar-refractivity contribution in [2.45, 2.75) is 53.9 Å². The van der Waals surface area contributed by atoms with E-state index < -0.39 is 0 Å². The molecule has 1 aromatic rings. The molecular weight excluding hydrogens is 234 g/mol. The predicted octanol–water partition coefficient (Wildman–Crippen LogP) is 3.08. The molecule has 0 radical (unpaired) electrons. The predicted molar refractivity (Wildman–Crippen MR) is 81.5 cm³/mol. The zero-order chi connectivity index (χ0) is 14.4. The summed E-state index contributed by atoms with van der Waals surface area (Å²) in [6.07, 6.45) is 3.21. The van der Waals surface area contributed by atoms with Gasteiger partial charge >= 0.3 is 0 Å². The van der Waals surface area contributed by atoms with E-state index in [-0.39, 0.29) is 0 Å². The maximum atomic E-state index is 4.69. The quantitative estimate of drug-likeness (QED) is 0.821. The average molecular weight is 263 g/mol. The Bertz CT molecular complexity index is 376. The van der Waals surface area contributed by atoms with Crippen LogP contribution in [-0.2, 0) is 12.8 Å². The molecule has 0 saturated carbocycles. The van der Waals surface area contributed by atoms with Gasteiger partial charge in [0, 0.05) is 17.8 Å². The van der Waals surface area contributed by atoms with Gasteiger partial charge in [0.2, 0.25) is 0 Å². The first-order valence-corrected chi connectivity index (χ1v) is 7.41. The number of aromatic nitrogens is 2. The molecule has 1 rings (SSSR count). The fourth-order valence-corrected chi connectivity index (χ4v) is 2.40. The Kier molecular flexibility index (Phi) is 6.43. The summed E-state index contributed by atoms with van der Waals surface area (Å²) in [4.78, 5) is 9.38. The summed E-state index contributed by atoms with van der Waals surface area (Å²) in [5.74, 6) is 2.33. The van der Waals surface area contributed by atoms with Gasteiger partial charge in [-0.05, 0) is 57.7 Å². The van der Waals surface area contributed by atoms with E-state index in [1.165, 1.54) is 5.56 Å². The number of nitrogens with zero attached hydrogens (tertiary/aromatic N) is 2. The van der Waals surface area contributed by atoms with Gasteiger partial charge in [0.25, 0.3) is 0 Å². The zero-order valence-electron chi connectivity index (χ0n) is 13.4. The highest BCUT2D eigenvalue weighted by molar-refractivity contribution is 5.25. The highest BCUT2D eigenvalue weighted by Gasteiger charge is 2.12. The number of rotatable bonds is 7. The van der Waals surface area contributed by atoms with Crippen LogP contribution >= 0.6 is 0 Å². The first kappa shape index (κ1) is 16.1. The van der Waals surface area contributed by atoms with Crippen molar-refractivity contribution >= 4 is 0 Å². The van der Waals surface area contributed by atoms with Crippen molar-refractivity contribution in [2.75, 3.05) is 13.6 Å². The summed E-state index contributed by atoms with van der Waals surface area (Å²) in [6.45, 7) is 12.0. The Morgan fingerprint density at radius 3 is 2.11 bits per heavy atom. The maximum absolute atomic E-state index is 4.69. The summed E-state index contributed by atoms with van der Waals surface area (Å²) < 4.78 is 0. The van der Waals surface area contributed by atoms with Crippen molar-refractivity contribution in [3.05, 3.63) is 22.8 Å². The van der Waals surface area contributed by atoms with Gasteiger partial charge in [0.15, 0.2) is 0 Å². The van der Waals surface area contributed by atoms with E-state index in [1.54, 1.807) is 0 Å². The minimum atomic E-state index is 0.618. The van der Waals surface area contributed by atoms with Crippen molar-refractivity contribution < 1.29 is 0 Å². The first-order chi connectivity index (χ1) is 8.93. The molecular formula is C16H29N3. The number of aryl methyl sites for hydroxylation is 3. The smallest absolute Gasteiger partial charge is 0.128 e. The van der Waals surface area contributed by atoms with E-state index in [0.717, 1.165) is 43.0 Å². The van der Waals surface area contributed by atoms with Gasteiger partial charge in [-0.25, -0.2) is 9.97 Å². The Balaban J connectivity index is 2.79. The van der Waals surface area contributed by atoms with Crippen molar-refractivity contribution in [1.29, 1.82) is 0 Å². The van der Waals surface area contributed by atoms with Gasteiger partial charge in [-0.15, -0.1) is 0 Å². The van der Waals surface area contributed by atoms with Gasteiger partial charge in [-0.2, -0.15) is 0 Å². The van der Waals surface area contributed by atoms with Gasteiger partial charge in [0.1, 0.15) is 5.82 Å². The molecule has 1 atom stereocenters. The lowest BCUT2D eigenvalue weighted by molar-refractivity contribution is 0.534. The SMILES string of the molecule is CNCC(C)Cc1c(C)nc(CCC(C)C)nc1C. The molecule has 0 saturated heterocycles. The number of hydrogen-bond acceptors (Lipinski definition) is 3. The molecule has 0 aliphatic heterocycles. The first-order valence-electron chi connectivity index (χ1n) is 7.41. The molecule has 3 nitrogen and oxygen atoms in total. The van der Waals surface area contributed by atoms with Crippen LogP contribution in [-0.4, -0.2) is 23.6 Å². The Morgan fingerprint density at radius 2 is 1.63 bits per heavy atom. The van der Waals surface area contributed by atoms with E-state index in [2.05, 4.69) is 49.9 Å². The van der Waals surface area contributed by atoms with Gasteiger partial charge in [0.05, 0.1) is 0 Å². The second kappa shape index (κ2) is 7.59. The molecule has 19 heavy (non-hydrogen) atoms. The molecule has 0 bridgehead atoms. The zero-order valence-corrected chi connectivity index (χ0v) is 13.4. The minimum Gasteiger partial charge on any atom is -0.319 e. The van der Waals surface area contributed by atoms with E-state index in [1.807, 2.05) is 7.05 Å². The topological polar surface area (TPSA) is 37.8 Å². The molecule has 0 aliphatic carbocycles. The lowest BCUT2D eigenvalue weighted by atomic mass is 9.98. The lowest BCUT2D eigenvalue weighted by Gasteiger charge is -2.15. The summed E-state index contributed by atoms with van der Waals surface area (Å²) in [6, 6.07) is 0. The Morgan fingerprint density at radius 1 is 1.05 bits per heavy atom. The summed E-state index contributed by atoms with van der Waals surface area (Å²) in [5.41, 5.74) is 3.65. The molecule has 0 aromatic carbocycles. The maximum Gasteiger partial charge on any atom is 0.128 e. The Labute approximate surface area is 118 Å². The summed E-state index contributed by atoms with van der Waals surface area (Å²) in [7, 11) is 2.00. The molecule has 108 valence electrons. The van der Waals surface area contributed by atoms with Crippen molar-refractivity contribution in [1.82, 2.24) is 15.3 Å². The molecule has 0 amide bonds. The molecule has 3 heteroatoms. The van der Waals surface area contributed by atoms with Crippen LogP contribution in [0.5, 0.6) is 0 Å². The van der Waals surface area contributed by atoms with Crippen LogP contribution in [0.15, 0.2) is 0 Å². The normalized spacial score (nSPS) is 13.0. The third-order valence-electron chi connectivity index (χ3n) is 3.52. The van der Waals surface area contributed by atoms with Crippen LogP contribution < -0.4 is 5.32 Å². The molecule has 0 spiro atoms. The highest BCUT2D eigenvalue weighted by Crippen LogP contribution is 2.16. The standard InChI is InChI=1S/C16H29N3/c1-11(2)7-8-16-18-13(4)15(14(5)19-16)9-12(3)10-17-6/h11-12,17H,7-10H2,1-6H3. The second-order valence-electron chi connectivity index (χ2n) is 6.09. The van der Waals surface area contributed by atoms with Crippen LogP contribution in [0.4, 0.5) is 0 Å². The van der Waals surface area contributed by atoms with E-state index >= 15 is 0 Å². The van der Waals surface area contributed by atoms with Gasteiger partial charge in [-0.3, -0.25) is 0 Å². The van der Waals surface area contributed by atoms with Crippen LogP contribution in [0.2, 0.25) is 0 Å². The Hall–Kier alpha value is -0.960. The van der Waals surface area contributed by atoms with Gasteiger partial charge < -0.3 is 5.32 Å². The molecule has 1 unspecified atom stereocenters. The largest absolute Gasteiger partial charge is 0.319 e. The third kappa shape index (κ3) is 5.27. The third-order valence-corrected chi connectivity index (χ3v) is 3.52. The fourth-order valence-electron chi connectivity index (χ4n) is 2.40. The van der Waals surface area contributed by atoms with E-state index in [9.17, 15) is 0 Å². The van der Waals surface area contributed by atoms with Crippen LogP contribution in [0.3, 0.4) is 0 Å². The van der Waals surface area contributed by atoms with Crippen molar-refractivity contribution in [3.8, 4) is 0 Å². The van der Waals surface area contributed by atoms with E-state index in [0.29, 0.717) is 11.8 Å². The van der Waals surface area contributed by atoms with Crippen molar-refractivity contribution in [2.24, 2.45) is 11.8 Å². The fraction of sp³-hybridized carbons (Fsp3) is 0.750. The molecule has 0 aliphatic rings. The summed E-state index contributed by atoms with van der Waals surface area (Å²) >= 11 is 0. The van der Waals surface area contributed by atoms with Crippen LogP contribution in [0, 0.1) is 25.7 Å².